The van der Waals surface area contributed by atoms with Crippen LogP contribution in [-0.4, -0.2) is 0 Å². The molecule has 0 radical (unpaired) electrons. The van der Waals surface area contributed by atoms with Gasteiger partial charge in [0.2, 0.25) is 5.69 Å². The fourth-order valence-corrected chi connectivity index (χ4v) is 4.88. The normalized spacial score (nSPS) is 15.1. The molecular formula is C27H34N+. The second-order valence-corrected chi connectivity index (χ2v) is 9.20. The highest BCUT2D eigenvalue weighted by atomic mass is 14.9. The quantitative estimate of drug-likeness (QED) is 0.443. The number of aromatic nitrogens is 1. The van der Waals surface area contributed by atoms with Crippen LogP contribution in [0.15, 0.2) is 42.5 Å². The smallest absolute Gasteiger partial charge is 0.198 e. The molecule has 0 spiro atoms. The van der Waals surface area contributed by atoms with Crippen LogP contribution < -0.4 is 4.57 Å². The topological polar surface area (TPSA) is 3.88 Å². The molecule has 1 aliphatic rings. The van der Waals surface area contributed by atoms with Crippen LogP contribution in [0, 0.1) is 19.8 Å². The molecule has 0 N–H and O–H groups in total. The Hall–Kier alpha value is -2.15. The van der Waals surface area contributed by atoms with Crippen LogP contribution in [0.4, 0.5) is 0 Å². The first-order chi connectivity index (χ1) is 13.4. The molecule has 3 aromatic rings. The molecule has 1 heterocycles. The van der Waals surface area contributed by atoms with E-state index in [4.69, 9.17) is 0 Å². The number of aryl methyl sites for hydroxylation is 2. The summed E-state index contributed by atoms with van der Waals surface area (Å²) in [6.45, 7) is 9.02. The summed E-state index contributed by atoms with van der Waals surface area (Å²) in [6, 6.07) is 16.5. The van der Waals surface area contributed by atoms with E-state index in [1.807, 2.05) is 0 Å². The van der Waals surface area contributed by atoms with Crippen molar-refractivity contribution < 1.29 is 4.57 Å². The van der Waals surface area contributed by atoms with Crippen molar-refractivity contribution in [1.29, 1.82) is 0 Å². The van der Waals surface area contributed by atoms with Gasteiger partial charge in [-0.25, -0.2) is 0 Å². The molecule has 1 nitrogen and oxygen atoms in total. The zero-order valence-electron chi connectivity index (χ0n) is 18.2. The van der Waals surface area contributed by atoms with Crippen molar-refractivity contribution in [3.8, 4) is 11.3 Å². The minimum absolute atomic E-state index is 0.541. The monoisotopic (exact) mass is 372 g/mol. The Bertz CT molecular complexity index is 1010. The van der Waals surface area contributed by atoms with Crippen molar-refractivity contribution in [3.63, 3.8) is 0 Å². The maximum Gasteiger partial charge on any atom is 0.220 e. The van der Waals surface area contributed by atoms with Crippen molar-refractivity contribution in [1.82, 2.24) is 0 Å². The summed E-state index contributed by atoms with van der Waals surface area (Å²) in [6.07, 6.45) is 6.90. The predicted molar refractivity (Wildman–Crippen MR) is 120 cm³/mol. The standard InChI is InChI=1S/C27H34N/c1-18(2)23-12-10-19(3)26(17-23)27-25-13-11-22(15-21-8-6-7-9-21)16-24(25)14-20(4)28(27)5/h10-14,16-18,21H,6-9,15H2,1-5H3/q+1. The lowest BCUT2D eigenvalue weighted by atomic mass is 9.92. The number of rotatable bonds is 4. The summed E-state index contributed by atoms with van der Waals surface area (Å²) in [5, 5.41) is 2.75. The Kier molecular flexibility index (Phi) is 5.27. The third-order valence-corrected chi connectivity index (χ3v) is 6.78. The number of fused-ring (bicyclic) bond motifs is 1. The highest BCUT2D eigenvalue weighted by Crippen LogP contribution is 2.33. The third kappa shape index (κ3) is 3.60. The average molecular weight is 373 g/mol. The van der Waals surface area contributed by atoms with Crippen molar-refractivity contribution >= 4 is 10.8 Å². The zero-order valence-corrected chi connectivity index (χ0v) is 18.2. The minimum atomic E-state index is 0.541. The Morgan fingerprint density at radius 1 is 0.964 bits per heavy atom. The van der Waals surface area contributed by atoms with Gasteiger partial charge in [0.25, 0.3) is 0 Å². The number of nitrogens with zero attached hydrogens (tertiary/aromatic N) is 1. The van der Waals surface area contributed by atoms with Crippen molar-refractivity contribution in [3.05, 3.63) is 64.8 Å². The van der Waals surface area contributed by atoms with Gasteiger partial charge in [-0.3, -0.25) is 0 Å². The van der Waals surface area contributed by atoms with Crippen LogP contribution in [0.2, 0.25) is 0 Å². The van der Waals surface area contributed by atoms with Crippen LogP contribution in [0.5, 0.6) is 0 Å². The molecule has 1 aliphatic carbocycles. The van der Waals surface area contributed by atoms with Gasteiger partial charge in [-0.2, -0.15) is 4.57 Å². The summed E-state index contributed by atoms with van der Waals surface area (Å²) in [5.74, 6) is 1.43. The number of pyridine rings is 1. The first-order valence-electron chi connectivity index (χ1n) is 11.0. The van der Waals surface area contributed by atoms with Crippen LogP contribution >= 0.6 is 0 Å². The Morgan fingerprint density at radius 3 is 2.43 bits per heavy atom. The van der Waals surface area contributed by atoms with Gasteiger partial charge >= 0.3 is 0 Å². The summed E-state index contributed by atoms with van der Waals surface area (Å²) in [7, 11) is 2.21. The zero-order chi connectivity index (χ0) is 19.8. The lowest BCUT2D eigenvalue weighted by molar-refractivity contribution is -0.665. The first-order valence-corrected chi connectivity index (χ1v) is 11.0. The average Bonchev–Trinajstić information content (AvgIpc) is 3.16. The van der Waals surface area contributed by atoms with Gasteiger partial charge in [0.15, 0.2) is 5.69 Å². The molecule has 0 saturated heterocycles. The summed E-state index contributed by atoms with van der Waals surface area (Å²) in [4.78, 5) is 0. The predicted octanol–water partition coefficient (Wildman–Crippen LogP) is 6.80. The van der Waals surface area contributed by atoms with Crippen LogP contribution in [-0.2, 0) is 13.5 Å². The van der Waals surface area contributed by atoms with E-state index < -0.39 is 0 Å². The number of benzene rings is 2. The van der Waals surface area contributed by atoms with Gasteiger partial charge < -0.3 is 0 Å². The van der Waals surface area contributed by atoms with Crippen LogP contribution in [0.1, 0.15) is 67.8 Å². The van der Waals surface area contributed by atoms with Gasteiger partial charge in [0, 0.05) is 18.6 Å². The lowest BCUT2D eigenvalue weighted by Crippen LogP contribution is -2.35. The summed E-state index contributed by atoms with van der Waals surface area (Å²) < 4.78 is 2.37. The number of hydrogen-bond acceptors (Lipinski definition) is 0. The number of hydrogen-bond donors (Lipinski definition) is 0. The summed E-state index contributed by atoms with van der Waals surface area (Å²) in [5.41, 5.74) is 8.30. The molecule has 1 fully saturated rings. The molecule has 0 bridgehead atoms. The molecule has 2 aromatic carbocycles. The maximum atomic E-state index is 2.45. The van der Waals surface area contributed by atoms with Gasteiger partial charge in [-0.15, -0.1) is 0 Å². The SMILES string of the molecule is Cc1ccc(C(C)C)cc1-c1c2ccc(CC3CCCC3)cc2cc(C)[n+]1C. The molecular weight excluding hydrogens is 338 g/mol. The fraction of sp³-hybridized carbons (Fsp3) is 0.444. The molecule has 0 unspecified atom stereocenters. The van der Waals surface area contributed by atoms with Crippen molar-refractivity contribution in [2.75, 3.05) is 0 Å². The Balaban J connectivity index is 1.86. The lowest BCUT2D eigenvalue weighted by Gasteiger charge is -2.14. The van der Waals surface area contributed by atoms with Crippen LogP contribution in [0.25, 0.3) is 22.0 Å². The van der Waals surface area contributed by atoms with E-state index in [9.17, 15) is 0 Å². The van der Waals surface area contributed by atoms with E-state index in [2.05, 4.69) is 81.8 Å². The second kappa shape index (κ2) is 7.70. The Morgan fingerprint density at radius 2 is 1.71 bits per heavy atom. The van der Waals surface area contributed by atoms with Gasteiger partial charge in [-0.05, 0) is 59.4 Å². The van der Waals surface area contributed by atoms with Crippen molar-refractivity contribution in [2.24, 2.45) is 13.0 Å². The Labute approximate surface area is 170 Å². The fourth-order valence-electron chi connectivity index (χ4n) is 4.88. The molecule has 146 valence electrons. The molecule has 0 aliphatic heterocycles. The first kappa shape index (κ1) is 19.2. The van der Waals surface area contributed by atoms with Gasteiger partial charge in [0.05, 0.1) is 5.39 Å². The largest absolute Gasteiger partial charge is 0.220 e. The van der Waals surface area contributed by atoms with Crippen LogP contribution in [0.3, 0.4) is 0 Å². The maximum absolute atomic E-state index is 2.45. The highest BCUT2D eigenvalue weighted by Gasteiger charge is 2.21. The second-order valence-electron chi connectivity index (χ2n) is 9.20. The van der Waals surface area contributed by atoms with E-state index >= 15 is 0 Å². The molecule has 28 heavy (non-hydrogen) atoms. The van der Waals surface area contributed by atoms with Gasteiger partial charge in [0.1, 0.15) is 7.05 Å². The molecule has 1 heteroatoms. The van der Waals surface area contributed by atoms with E-state index in [0.29, 0.717) is 5.92 Å². The van der Waals surface area contributed by atoms with E-state index in [1.54, 1.807) is 0 Å². The third-order valence-electron chi connectivity index (χ3n) is 6.78. The van der Waals surface area contributed by atoms with Crippen molar-refractivity contribution in [2.45, 2.75) is 65.7 Å². The summed E-state index contributed by atoms with van der Waals surface area (Å²) >= 11 is 0. The molecule has 0 atom stereocenters. The molecule has 4 rings (SSSR count). The molecule has 1 aromatic heterocycles. The highest BCUT2D eigenvalue weighted by molar-refractivity contribution is 5.94. The van der Waals surface area contributed by atoms with Gasteiger partial charge in [-0.1, -0.05) is 63.8 Å². The molecule has 1 saturated carbocycles. The minimum Gasteiger partial charge on any atom is -0.198 e. The van der Waals surface area contributed by atoms with E-state index in [0.717, 1.165) is 5.92 Å². The van der Waals surface area contributed by atoms with E-state index in [-0.39, 0.29) is 0 Å². The molecule has 0 amide bonds. The van der Waals surface area contributed by atoms with E-state index in [1.165, 1.54) is 76.5 Å².